The molecule has 7 heteroatoms. The highest BCUT2D eigenvalue weighted by molar-refractivity contribution is 7.21. The number of thiophene rings is 1. The molecule has 2 aromatic rings. The van der Waals surface area contributed by atoms with Crippen molar-refractivity contribution in [2.45, 2.75) is 62.7 Å². The fourth-order valence-electron chi connectivity index (χ4n) is 5.47. The van der Waals surface area contributed by atoms with Crippen molar-refractivity contribution >= 4 is 27.3 Å². The molecular formula is C22H25F3N2OS. The van der Waals surface area contributed by atoms with Gasteiger partial charge >= 0.3 is 6.18 Å². The first-order chi connectivity index (χ1) is 13.6. The predicted molar refractivity (Wildman–Crippen MR) is 108 cm³/mol. The van der Waals surface area contributed by atoms with Gasteiger partial charge in [0.2, 0.25) is 0 Å². The molecule has 1 N–H and O–H groups in total. The molecule has 156 valence electrons. The number of fused-ring (bicyclic) bond motifs is 4. The first-order valence-corrected chi connectivity index (χ1v) is 11.1. The second kappa shape index (κ2) is 6.20. The Morgan fingerprint density at radius 1 is 1.21 bits per heavy atom. The molecule has 0 spiro atoms. The molecule has 1 aromatic carbocycles. The van der Waals surface area contributed by atoms with Gasteiger partial charge in [-0.15, -0.1) is 11.3 Å². The van der Waals surface area contributed by atoms with Crippen LogP contribution in [0.4, 0.5) is 13.2 Å². The number of halogens is 3. The Hall–Kier alpha value is -1.60. The molecule has 3 nitrogen and oxygen atoms in total. The largest absolute Gasteiger partial charge is 0.398 e. The maximum Gasteiger partial charge on any atom is 0.398 e. The third-order valence-electron chi connectivity index (χ3n) is 7.45. The average Bonchev–Trinajstić information content (AvgIpc) is 3.37. The lowest BCUT2D eigenvalue weighted by Gasteiger charge is -2.56. The minimum Gasteiger partial charge on any atom is -0.346 e. The molecule has 3 aliphatic heterocycles. The molecule has 0 radical (unpaired) electrons. The Morgan fingerprint density at radius 3 is 2.48 bits per heavy atom. The third kappa shape index (κ3) is 2.84. The number of benzene rings is 1. The number of alkyl halides is 3. The van der Waals surface area contributed by atoms with Crippen LogP contribution >= 0.6 is 11.3 Å². The monoisotopic (exact) mass is 422 g/mol. The molecule has 6 rings (SSSR count). The summed E-state index contributed by atoms with van der Waals surface area (Å²) >= 11 is 1.20. The fourth-order valence-corrected chi connectivity index (χ4v) is 6.65. The Balaban J connectivity index is 1.46. The van der Waals surface area contributed by atoms with Gasteiger partial charge in [-0.05, 0) is 75.6 Å². The van der Waals surface area contributed by atoms with Crippen LogP contribution in [-0.4, -0.2) is 41.7 Å². The summed E-state index contributed by atoms with van der Waals surface area (Å²) in [6.07, 6.45) is -1.84. The molecule has 4 aliphatic rings. The van der Waals surface area contributed by atoms with Gasteiger partial charge in [-0.2, -0.15) is 13.2 Å². The number of amides is 1. The number of carbonyl (C=O) groups is 1. The third-order valence-corrected chi connectivity index (χ3v) is 8.63. The van der Waals surface area contributed by atoms with Crippen LogP contribution in [0.25, 0.3) is 10.1 Å². The van der Waals surface area contributed by atoms with Gasteiger partial charge in [-0.1, -0.05) is 18.2 Å². The van der Waals surface area contributed by atoms with E-state index in [9.17, 15) is 18.0 Å². The molecular weight excluding hydrogens is 397 g/mol. The maximum atomic E-state index is 13.7. The van der Waals surface area contributed by atoms with E-state index in [0.717, 1.165) is 31.3 Å². The van der Waals surface area contributed by atoms with Gasteiger partial charge in [-0.3, -0.25) is 9.69 Å². The summed E-state index contributed by atoms with van der Waals surface area (Å²) in [5, 5.41) is 3.95. The molecule has 4 heterocycles. The Labute approximate surface area is 172 Å². The molecule has 1 amide bonds. The SMILES string of the molecule is CC1(C)[C@H](NC(=O)c2cc3cccc(C4(C(F)(F)F)CC4)c3s2)C2CCN1CC2. The van der Waals surface area contributed by atoms with Gasteiger partial charge in [0.05, 0.1) is 10.3 Å². The number of nitrogens with one attached hydrogen (secondary N) is 1. The number of rotatable bonds is 3. The highest BCUT2D eigenvalue weighted by Crippen LogP contribution is 2.60. The summed E-state index contributed by atoms with van der Waals surface area (Å²) < 4.78 is 41.6. The Bertz CT molecular complexity index is 968. The Kier molecular flexibility index (Phi) is 4.14. The van der Waals surface area contributed by atoms with Crippen molar-refractivity contribution in [2.24, 2.45) is 5.92 Å². The molecule has 1 aromatic heterocycles. The zero-order valence-electron chi connectivity index (χ0n) is 16.6. The van der Waals surface area contributed by atoms with E-state index in [1.165, 1.54) is 11.3 Å². The van der Waals surface area contributed by atoms with Gasteiger partial charge in [-0.25, -0.2) is 0 Å². The second-order valence-electron chi connectivity index (χ2n) is 9.34. The minimum atomic E-state index is -4.26. The van der Waals surface area contributed by atoms with Crippen LogP contribution < -0.4 is 5.32 Å². The van der Waals surface area contributed by atoms with Crippen molar-refractivity contribution in [3.05, 3.63) is 34.7 Å². The Morgan fingerprint density at radius 2 is 1.90 bits per heavy atom. The van der Waals surface area contributed by atoms with Crippen LogP contribution in [0.3, 0.4) is 0 Å². The number of nitrogens with zero attached hydrogens (tertiary/aromatic N) is 1. The summed E-state index contributed by atoms with van der Waals surface area (Å²) in [7, 11) is 0. The van der Waals surface area contributed by atoms with Gasteiger partial charge in [0.1, 0.15) is 0 Å². The van der Waals surface area contributed by atoms with Gasteiger partial charge < -0.3 is 5.32 Å². The number of carbonyl (C=O) groups excluding carboxylic acids is 1. The summed E-state index contributed by atoms with van der Waals surface area (Å²) in [5.74, 6) is 0.296. The average molecular weight is 423 g/mol. The van der Waals surface area contributed by atoms with Crippen molar-refractivity contribution in [1.29, 1.82) is 0 Å². The van der Waals surface area contributed by atoms with Gasteiger partial charge in [0.15, 0.2) is 0 Å². The van der Waals surface area contributed by atoms with Gasteiger partial charge in [0.25, 0.3) is 5.91 Å². The summed E-state index contributed by atoms with van der Waals surface area (Å²) in [4.78, 5) is 16.0. The van der Waals surface area contributed by atoms with Crippen molar-refractivity contribution in [2.75, 3.05) is 13.1 Å². The summed E-state index contributed by atoms with van der Waals surface area (Å²) in [5.41, 5.74) is -1.51. The zero-order chi connectivity index (χ0) is 20.6. The molecule has 3 saturated heterocycles. The quantitative estimate of drug-likeness (QED) is 0.747. The topological polar surface area (TPSA) is 32.3 Å². The number of hydrogen-bond acceptors (Lipinski definition) is 3. The van der Waals surface area contributed by atoms with Crippen molar-refractivity contribution in [3.8, 4) is 0 Å². The molecule has 1 aliphatic carbocycles. The van der Waals surface area contributed by atoms with E-state index in [-0.39, 0.29) is 30.3 Å². The molecule has 2 bridgehead atoms. The molecule has 0 unspecified atom stereocenters. The molecule has 4 fully saturated rings. The van der Waals surface area contributed by atoms with Crippen LogP contribution in [0.1, 0.15) is 54.8 Å². The lowest BCUT2D eigenvalue weighted by Crippen LogP contribution is -2.69. The number of piperidine rings is 3. The smallest absolute Gasteiger partial charge is 0.346 e. The first kappa shape index (κ1) is 19.4. The van der Waals surface area contributed by atoms with E-state index < -0.39 is 11.6 Å². The predicted octanol–water partition coefficient (Wildman–Crippen LogP) is 5.10. The summed E-state index contributed by atoms with van der Waals surface area (Å²) in [6, 6.07) is 6.87. The van der Waals surface area contributed by atoms with E-state index in [4.69, 9.17) is 0 Å². The van der Waals surface area contributed by atoms with Crippen LogP contribution in [-0.2, 0) is 5.41 Å². The fraction of sp³-hybridized carbons (Fsp3) is 0.591. The molecule has 1 saturated carbocycles. The maximum absolute atomic E-state index is 13.7. The second-order valence-corrected chi connectivity index (χ2v) is 10.4. The van der Waals surface area contributed by atoms with Crippen LogP contribution in [0.15, 0.2) is 24.3 Å². The van der Waals surface area contributed by atoms with E-state index in [2.05, 4.69) is 24.1 Å². The van der Waals surface area contributed by atoms with Crippen LogP contribution in [0.5, 0.6) is 0 Å². The minimum absolute atomic E-state index is 0.0622. The number of hydrogen-bond donors (Lipinski definition) is 1. The summed E-state index contributed by atoms with van der Waals surface area (Å²) in [6.45, 7) is 6.48. The van der Waals surface area contributed by atoms with E-state index in [0.29, 0.717) is 21.1 Å². The standard InChI is InChI=1S/C22H25F3N2OS/c1-20(2)18(13-6-10-27(20)11-7-13)26-19(28)16-12-14-4-3-5-15(17(14)29-16)21(8-9-21)22(23,24)25/h3-5,12-13,18H,6-11H2,1-2H3,(H,26,28)/t18-/m1/s1. The van der Waals surface area contributed by atoms with E-state index in [1.807, 2.05) is 0 Å². The highest BCUT2D eigenvalue weighted by atomic mass is 32.1. The lowest BCUT2D eigenvalue weighted by atomic mass is 9.72. The first-order valence-electron chi connectivity index (χ1n) is 10.3. The van der Waals surface area contributed by atoms with Crippen molar-refractivity contribution in [3.63, 3.8) is 0 Å². The van der Waals surface area contributed by atoms with Crippen LogP contribution in [0, 0.1) is 5.92 Å². The zero-order valence-corrected chi connectivity index (χ0v) is 17.4. The lowest BCUT2D eigenvalue weighted by molar-refractivity contribution is -0.160. The highest BCUT2D eigenvalue weighted by Gasteiger charge is 2.64. The van der Waals surface area contributed by atoms with Crippen molar-refractivity contribution in [1.82, 2.24) is 10.2 Å². The van der Waals surface area contributed by atoms with Gasteiger partial charge in [0, 0.05) is 16.3 Å². The molecule has 29 heavy (non-hydrogen) atoms. The van der Waals surface area contributed by atoms with Crippen molar-refractivity contribution < 1.29 is 18.0 Å². The molecule has 1 atom stereocenters. The normalized spacial score (nSPS) is 29.8. The van der Waals surface area contributed by atoms with E-state index >= 15 is 0 Å². The van der Waals surface area contributed by atoms with Crippen LogP contribution in [0.2, 0.25) is 0 Å². The van der Waals surface area contributed by atoms with E-state index in [1.54, 1.807) is 24.3 Å².